The average molecular weight is 372 g/mol. The Balaban J connectivity index is 1.44. The Kier molecular flexibility index (Phi) is 5.61. The summed E-state index contributed by atoms with van der Waals surface area (Å²) in [6.45, 7) is 1.51. The van der Waals surface area contributed by atoms with Crippen molar-refractivity contribution < 1.29 is 4.79 Å². The van der Waals surface area contributed by atoms with E-state index >= 15 is 0 Å². The van der Waals surface area contributed by atoms with E-state index in [-0.39, 0.29) is 5.91 Å². The van der Waals surface area contributed by atoms with Gasteiger partial charge in [-0.15, -0.1) is 0 Å². The molecule has 3 aromatic rings. The Labute approximate surface area is 165 Å². The van der Waals surface area contributed by atoms with E-state index in [0.717, 1.165) is 43.7 Å². The summed E-state index contributed by atoms with van der Waals surface area (Å²) in [5.74, 6) is 0.335. The first kappa shape index (κ1) is 18.2. The van der Waals surface area contributed by atoms with Crippen LogP contribution in [0.3, 0.4) is 0 Å². The summed E-state index contributed by atoms with van der Waals surface area (Å²) in [6.07, 6.45) is 9.98. The topological polar surface area (TPSA) is 61.9 Å². The third kappa shape index (κ3) is 4.36. The monoisotopic (exact) mass is 372 g/mol. The van der Waals surface area contributed by atoms with Crippen LogP contribution in [0.1, 0.15) is 41.3 Å². The molecule has 1 N–H and O–H groups in total. The predicted octanol–water partition coefficient (Wildman–Crippen LogP) is 3.81. The highest BCUT2D eigenvalue weighted by Crippen LogP contribution is 2.29. The first-order valence-electron chi connectivity index (χ1n) is 9.73. The van der Waals surface area contributed by atoms with E-state index in [1.807, 2.05) is 35.4 Å². The fraction of sp³-hybridized carbons (Fsp3) is 0.261. The number of rotatable bonds is 5. The smallest absolute Gasteiger partial charge is 0.246 e. The van der Waals surface area contributed by atoms with Gasteiger partial charge in [0.25, 0.3) is 0 Å². The van der Waals surface area contributed by atoms with Crippen molar-refractivity contribution in [2.75, 3.05) is 13.1 Å². The normalized spacial score (nSPS) is 17.1. The van der Waals surface area contributed by atoms with E-state index in [1.165, 1.54) is 11.1 Å². The van der Waals surface area contributed by atoms with Crippen LogP contribution < -0.4 is 0 Å². The van der Waals surface area contributed by atoms with Crippen molar-refractivity contribution in [3.63, 3.8) is 0 Å². The lowest BCUT2D eigenvalue weighted by atomic mass is 9.91. The van der Waals surface area contributed by atoms with Crippen LogP contribution in [0.2, 0.25) is 0 Å². The zero-order valence-electron chi connectivity index (χ0n) is 15.8. The number of aromatic amines is 1. The molecule has 0 aliphatic carbocycles. The highest BCUT2D eigenvalue weighted by Gasteiger charge is 2.26. The maximum absolute atomic E-state index is 12.6. The van der Waals surface area contributed by atoms with Gasteiger partial charge in [0.05, 0.1) is 11.9 Å². The minimum atomic E-state index is 0.0412. The quantitative estimate of drug-likeness (QED) is 0.693. The van der Waals surface area contributed by atoms with E-state index in [9.17, 15) is 4.79 Å². The highest BCUT2D eigenvalue weighted by molar-refractivity contribution is 5.91. The van der Waals surface area contributed by atoms with Crippen molar-refractivity contribution >= 4 is 12.0 Å². The Bertz CT molecular complexity index is 934. The number of likely N-dealkylation sites (tertiary alicyclic amines) is 1. The van der Waals surface area contributed by atoms with Crippen LogP contribution >= 0.6 is 0 Å². The van der Waals surface area contributed by atoms with Gasteiger partial charge in [-0.2, -0.15) is 5.10 Å². The van der Waals surface area contributed by atoms with Gasteiger partial charge in [0.15, 0.2) is 0 Å². The Hall–Kier alpha value is -3.21. The lowest BCUT2D eigenvalue weighted by Crippen LogP contribution is -2.38. The number of pyridine rings is 1. The second-order valence-electron chi connectivity index (χ2n) is 7.18. The molecule has 1 unspecified atom stereocenters. The first-order chi connectivity index (χ1) is 13.8. The molecule has 1 amide bonds. The molecule has 1 atom stereocenters. The summed E-state index contributed by atoms with van der Waals surface area (Å²) in [5, 5.41) is 7.49. The van der Waals surface area contributed by atoms with Gasteiger partial charge in [-0.05, 0) is 42.2 Å². The van der Waals surface area contributed by atoms with Crippen LogP contribution in [0.15, 0.2) is 67.0 Å². The van der Waals surface area contributed by atoms with Gasteiger partial charge in [-0.25, -0.2) is 0 Å². The van der Waals surface area contributed by atoms with E-state index in [0.29, 0.717) is 5.92 Å². The number of carbonyl (C=O) groups excluding carboxylic acids is 1. The number of carbonyl (C=O) groups is 1. The van der Waals surface area contributed by atoms with E-state index in [4.69, 9.17) is 0 Å². The summed E-state index contributed by atoms with van der Waals surface area (Å²) in [4.78, 5) is 18.8. The molecule has 1 aromatic carbocycles. The van der Waals surface area contributed by atoms with Crippen molar-refractivity contribution in [3.8, 4) is 0 Å². The van der Waals surface area contributed by atoms with Gasteiger partial charge in [0, 0.05) is 43.4 Å². The number of amides is 1. The molecular formula is C23H24N4O. The van der Waals surface area contributed by atoms with Crippen LogP contribution in [0.25, 0.3) is 6.08 Å². The minimum Gasteiger partial charge on any atom is -0.338 e. The Morgan fingerprint density at radius 1 is 1.18 bits per heavy atom. The zero-order valence-corrected chi connectivity index (χ0v) is 15.8. The first-order valence-corrected chi connectivity index (χ1v) is 9.73. The molecule has 5 heteroatoms. The van der Waals surface area contributed by atoms with E-state index in [1.54, 1.807) is 18.3 Å². The summed E-state index contributed by atoms with van der Waals surface area (Å²) in [7, 11) is 0. The van der Waals surface area contributed by atoms with Crippen molar-refractivity contribution in [2.45, 2.75) is 25.2 Å². The number of benzene rings is 1. The molecule has 4 rings (SSSR count). The number of nitrogens with one attached hydrogen (secondary N) is 1. The molecule has 142 valence electrons. The third-order valence-corrected chi connectivity index (χ3v) is 5.21. The zero-order chi connectivity index (χ0) is 19.2. The number of aromatic nitrogens is 3. The predicted molar refractivity (Wildman–Crippen MR) is 110 cm³/mol. The average Bonchev–Trinajstić information content (AvgIpc) is 3.22. The van der Waals surface area contributed by atoms with Crippen LogP contribution in [-0.2, 0) is 11.2 Å². The van der Waals surface area contributed by atoms with Crippen molar-refractivity contribution in [1.82, 2.24) is 20.1 Å². The molecule has 0 spiro atoms. The maximum atomic E-state index is 12.6. The molecule has 2 aromatic heterocycles. The standard InChI is InChI=1S/C23H24N4O/c28-22(12-11-21-10-4-5-13-24-21)27-14-6-9-19(17-27)23-20(16-25-26-23)15-18-7-2-1-3-8-18/h1-5,7-8,10-13,16,19H,6,9,14-15,17H2,(H,25,26)/b12-11+. The molecule has 0 radical (unpaired) electrons. The van der Waals surface area contributed by atoms with Crippen LogP contribution in [0, 0.1) is 0 Å². The fourth-order valence-corrected chi connectivity index (χ4v) is 3.78. The van der Waals surface area contributed by atoms with Gasteiger partial charge < -0.3 is 4.90 Å². The van der Waals surface area contributed by atoms with Gasteiger partial charge in [0.2, 0.25) is 5.91 Å². The number of piperidine rings is 1. The van der Waals surface area contributed by atoms with Crippen LogP contribution in [0.5, 0.6) is 0 Å². The van der Waals surface area contributed by atoms with Gasteiger partial charge in [-0.3, -0.25) is 14.9 Å². The second-order valence-corrected chi connectivity index (χ2v) is 7.18. The van der Waals surface area contributed by atoms with Gasteiger partial charge >= 0.3 is 0 Å². The van der Waals surface area contributed by atoms with Crippen LogP contribution in [0.4, 0.5) is 0 Å². The highest BCUT2D eigenvalue weighted by atomic mass is 16.2. The second kappa shape index (κ2) is 8.65. The number of hydrogen-bond acceptors (Lipinski definition) is 3. The fourth-order valence-electron chi connectivity index (χ4n) is 3.78. The molecule has 1 aliphatic heterocycles. The molecule has 5 nitrogen and oxygen atoms in total. The summed E-state index contributed by atoms with van der Waals surface area (Å²) < 4.78 is 0. The number of H-pyrrole nitrogens is 1. The van der Waals surface area contributed by atoms with Crippen molar-refractivity contribution in [1.29, 1.82) is 0 Å². The van der Waals surface area contributed by atoms with E-state index < -0.39 is 0 Å². The molecule has 1 fully saturated rings. The molecule has 1 aliphatic rings. The molecular weight excluding hydrogens is 348 g/mol. The molecule has 0 bridgehead atoms. The summed E-state index contributed by atoms with van der Waals surface area (Å²) in [5.41, 5.74) is 4.44. The molecule has 28 heavy (non-hydrogen) atoms. The maximum Gasteiger partial charge on any atom is 0.246 e. The van der Waals surface area contributed by atoms with E-state index in [2.05, 4.69) is 39.4 Å². The molecule has 3 heterocycles. The SMILES string of the molecule is O=C(/C=C/c1ccccn1)N1CCCC(c2[nH]ncc2Cc2ccccc2)C1. The summed E-state index contributed by atoms with van der Waals surface area (Å²) >= 11 is 0. The van der Waals surface area contributed by atoms with Gasteiger partial charge in [-0.1, -0.05) is 36.4 Å². The minimum absolute atomic E-state index is 0.0412. The van der Waals surface area contributed by atoms with Crippen molar-refractivity contribution in [3.05, 3.63) is 89.5 Å². The Morgan fingerprint density at radius 2 is 2.04 bits per heavy atom. The van der Waals surface area contributed by atoms with Gasteiger partial charge in [0.1, 0.15) is 0 Å². The molecule has 1 saturated heterocycles. The largest absolute Gasteiger partial charge is 0.338 e. The lowest BCUT2D eigenvalue weighted by Gasteiger charge is -2.32. The molecule has 0 saturated carbocycles. The summed E-state index contributed by atoms with van der Waals surface area (Å²) in [6, 6.07) is 16.1. The lowest BCUT2D eigenvalue weighted by molar-refractivity contribution is -0.127. The third-order valence-electron chi connectivity index (χ3n) is 5.21. The Morgan fingerprint density at radius 3 is 2.86 bits per heavy atom. The number of nitrogens with zero attached hydrogens (tertiary/aromatic N) is 3. The number of hydrogen-bond donors (Lipinski definition) is 1. The van der Waals surface area contributed by atoms with Crippen molar-refractivity contribution in [2.24, 2.45) is 0 Å². The van der Waals surface area contributed by atoms with Crippen LogP contribution in [-0.4, -0.2) is 39.1 Å².